The number of aromatic nitrogens is 2. The molecule has 9 nitrogen and oxygen atoms in total. The van der Waals surface area contributed by atoms with E-state index in [9.17, 15) is 17.6 Å². The number of nitrogens with zero attached hydrogens (tertiary/aromatic N) is 4. The highest BCUT2D eigenvalue weighted by Gasteiger charge is 2.34. The Kier molecular flexibility index (Phi) is 7.46. The van der Waals surface area contributed by atoms with Gasteiger partial charge in [0.15, 0.2) is 0 Å². The lowest BCUT2D eigenvalue weighted by Crippen LogP contribution is -2.45. The van der Waals surface area contributed by atoms with Crippen LogP contribution in [0.15, 0.2) is 57.9 Å². The van der Waals surface area contributed by atoms with Gasteiger partial charge in [-0.05, 0) is 68.3 Å². The smallest absolute Gasteiger partial charge is 0.246 e. The molecule has 3 aromatic rings. The number of amides is 1. The van der Waals surface area contributed by atoms with Crippen LogP contribution in [-0.4, -0.2) is 60.4 Å². The third kappa shape index (κ3) is 5.68. The standard InChI is InChI=1S/C24H27FN4O5S/c1-3-33-20-10-6-17(7-11-20)23-26-22(34-27-23)16-28(2)24(30)18-5-4-14-29(15-18)35(31,32)21-12-8-19(25)9-13-21/h6-13,18H,3-5,14-16H2,1-2H3/t18-/m0/s1. The minimum atomic E-state index is -3.82. The van der Waals surface area contributed by atoms with Gasteiger partial charge in [0.1, 0.15) is 11.6 Å². The number of carbonyl (C=O) groups is 1. The number of ether oxygens (including phenoxy) is 1. The average Bonchev–Trinajstić information content (AvgIpc) is 3.33. The quantitative estimate of drug-likeness (QED) is 0.465. The zero-order valence-corrected chi connectivity index (χ0v) is 20.4. The molecule has 0 radical (unpaired) electrons. The molecule has 186 valence electrons. The van der Waals surface area contributed by atoms with E-state index in [0.717, 1.165) is 23.4 Å². The Morgan fingerprint density at radius 2 is 1.91 bits per heavy atom. The van der Waals surface area contributed by atoms with Crippen molar-refractivity contribution in [2.24, 2.45) is 5.92 Å². The van der Waals surface area contributed by atoms with Gasteiger partial charge in [-0.3, -0.25) is 4.79 Å². The normalized spacial score (nSPS) is 16.7. The van der Waals surface area contributed by atoms with Crippen LogP contribution in [0.1, 0.15) is 25.7 Å². The van der Waals surface area contributed by atoms with Gasteiger partial charge in [-0.15, -0.1) is 0 Å². The molecule has 1 aromatic heterocycles. The zero-order chi connectivity index (χ0) is 25.0. The molecule has 1 atom stereocenters. The van der Waals surface area contributed by atoms with Crippen LogP contribution in [0.25, 0.3) is 11.4 Å². The van der Waals surface area contributed by atoms with Crippen LogP contribution in [0.3, 0.4) is 0 Å². The first-order chi connectivity index (χ1) is 16.8. The summed E-state index contributed by atoms with van der Waals surface area (Å²) >= 11 is 0. The van der Waals surface area contributed by atoms with Crippen molar-refractivity contribution in [3.05, 3.63) is 60.2 Å². The van der Waals surface area contributed by atoms with E-state index in [1.54, 1.807) is 7.05 Å². The summed E-state index contributed by atoms with van der Waals surface area (Å²) < 4.78 is 51.2. The van der Waals surface area contributed by atoms with Crippen LogP contribution in [-0.2, 0) is 21.4 Å². The van der Waals surface area contributed by atoms with Crippen molar-refractivity contribution in [1.82, 2.24) is 19.3 Å². The summed E-state index contributed by atoms with van der Waals surface area (Å²) in [7, 11) is -2.20. The average molecular weight is 503 g/mol. The molecule has 1 saturated heterocycles. The van der Waals surface area contributed by atoms with E-state index in [4.69, 9.17) is 9.26 Å². The molecule has 0 saturated carbocycles. The largest absolute Gasteiger partial charge is 0.494 e. The molecule has 0 bridgehead atoms. The number of sulfonamides is 1. The first-order valence-electron chi connectivity index (χ1n) is 11.3. The molecule has 1 aliphatic rings. The van der Waals surface area contributed by atoms with E-state index in [2.05, 4.69) is 10.1 Å². The van der Waals surface area contributed by atoms with Gasteiger partial charge in [0.25, 0.3) is 0 Å². The van der Waals surface area contributed by atoms with E-state index < -0.39 is 21.8 Å². The molecule has 1 amide bonds. The Morgan fingerprint density at radius 3 is 2.60 bits per heavy atom. The minimum absolute atomic E-state index is 0.00744. The first-order valence-corrected chi connectivity index (χ1v) is 12.8. The molecule has 1 fully saturated rings. The Bertz CT molecular complexity index is 1260. The number of hydrogen-bond donors (Lipinski definition) is 0. The number of carbonyl (C=O) groups excluding carboxylic acids is 1. The predicted molar refractivity (Wildman–Crippen MR) is 125 cm³/mol. The van der Waals surface area contributed by atoms with Crippen LogP contribution in [0, 0.1) is 11.7 Å². The summed E-state index contributed by atoms with van der Waals surface area (Å²) in [6.07, 6.45) is 1.12. The Labute approximate surface area is 203 Å². The number of piperidine rings is 1. The zero-order valence-electron chi connectivity index (χ0n) is 19.6. The highest BCUT2D eigenvalue weighted by Crippen LogP contribution is 2.26. The molecule has 0 unspecified atom stereocenters. The first kappa shape index (κ1) is 24.8. The molecule has 4 rings (SSSR count). The lowest BCUT2D eigenvalue weighted by Gasteiger charge is -2.33. The van der Waals surface area contributed by atoms with Gasteiger partial charge in [0.05, 0.1) is 24.0 Å². The molecule has 35 heavy (non-hydrogen) atoms. The summed E-state index contributed by atoms with van der Waals surface area (Å²) in [5.41, 5.74) is 0.756. The maximum absolute atomic E-state index is 13.2. The Morgan fingerprint density at radius 1 is 1.20 bits per heavy atom. The lowest BCUT2D eigenvalue weighted by molar-refractivity contribution is -0.136. The van der Waals surface area contributed by atoms with Crippen LogP contribution >= 0.6 is 0 Å². The van der Waals surface area contributed by atoms with Gasteiger partial charge in [-0.2, -0.15) is 9.29 Å². The van der Waals surface area contributed by atoms with Crippen molar-refractivity contribution in [1.29, 1.82) is 0 Å². The maximum atomic E-state index is 13.2. The van der Waals surface area contributed by atoms with Gasteiger partial charge in [0, 0.05) is 25.7 Å². The SMILES string of the molecule is CCOc1ccc(-c2noc(CN(C)C(=O)[C@H]3CCCN(S(=O)(=O)c4ccc(F)cc4)C3)n2)cc1. The van der Waals surface area contributed by atoms with Crippen molar-refractivity contribution in [2.75, 3.05) is 26.7 Å². The van der Waals surface area contributed by atoms with Crippen LogP contribution < -0.4 is 4.74 Å². The van der Waals surface area contributed by atoms with Gasteiger partial charge >= 0.3 is 0 Å². The number of hydrogen-bond acceptors (Lipinski definition) is 7. The lowest BCUT2D eigenvalue weighted by atomic mass is 9.98. The number of rotatable bonds is 8. The van der Waals surface area contributed by atoms with E-state index in [1.807, 2.05) is 31.2 Å². The topological polar surface area (TPSA) is 106 Å². The van der Waals surface area contributed by atoms with Crippen molar-refractivity contribution in [3.8, 4) is 17.1 Å². The van der Waals surface area contributed by atoms with Crippen molar-refractivity contribution >= 4 is 15.9 Å². The van der Waals surface area contributed by atoms with E-state index in [1.165, 1.54) is 21.3 Å². The monoisotopic (exact) mass is 502 g/mol. The Balaban J connectivity index is 1.39. The molecule has 0 N–H and O–H groups in total. The maximum Gasteiger partial charge on any atom is 0.246 e. The second kappa shape index (κ2) is 10.5. The van der Waals surface area contributed by atoms with Crippen molar-refractivity contribution in [3.63, 3.8) is 0 Å². The summed E-state index contributed by atoms with van der Waals surface area (Å²) in [4.78, 5) is 18.9. The molecule has 1 aliphatic heterocycles. The molecule has 0 aliphatic carbocycles. The second-order valence-electron chi connectivity index (χ2n) is 8.32. The number of benzene rings is 2. The summed E-state index contributed by atoms with van der Waals surface area (Å²) in [5.74, 6) is 0.203. The van der Waals surface area contributed by atoms with Gasteiger partial charge in [-0.25, -0.2) is 12.8 Å². The summed E-state index contributed by atoms with van der Waals surface area (Å²) in [6, 6.07) is 12.0. The molecule has 0 spiro atoms. The van der Waals surface area contributed by atoms with E-state index in [0.29, 0.717) is 31.8 Å². The third-order valence-electron chi connectivity index (χ3n) is 5.83. The second-order valence-corrected chi connectivity index (χ2v) is 10.3. The van der Waals surface area contributed by atoms with Crippen LogP contribution in [0.4, 0.5) is 4.39 Å². The van der Waals surface area contributed by atoms with E-state index >= 15 is 0 Å². The summed E-state index contributed by atoms with van der Waals surface area (Å²) in [6.45, 7) is 2.95. The van der Waals surface area contributed by atoms with Gasteiger partial charge < -0.3 is 14.2 Å². The van der Waals surface area contributed by atoms with Crippen LogP contribution in [0.2, 0.25) is 0 Å². The fourth-order valence-electron chi connectivity index (χ4n) is 4.01. The highest BCUT2D eigenvalue weighted by atomic mass is 32.2. The van der Waals surface area contributed by atoms with Gasteiger partial charge in [-0.1, -0.05) is 5.16 Å². The molecular weight excluding hydrogens is 475 g/mol. The third-order valence-corrected chi connectivity index (χ3v) is 7.70. The fourth-order valence-corrected chi connectivity index (χ4v) is 5.54. The molecular formula is C24H27FN4O5S. The van der Waals surface area contributed by atoms with Crippen molar-refractivity contribution < 1.29 is 26.9 Å². The van der Waals surface area contributed by atoms with Crippen LogP contribution in [0.5, 0.6) is 5.75 Å². The molecule has 11 heteroatoms. The van der Waals surface area contributed by atoms with Crippen molar-refractivity contribution in [2.45, 2.75) is 31.2 Å². The predicted octanol–water partition coefficient (Wildman–Crippen LogP) is 3.33. The molecule has 2 aromatic carbocycles. The number of halogens is 1. The highest BCUT2D eigenvalue weighted by molar-refractivity contribution is 7.89. The van der Waals surface area contributed by atoms with E-state index in [-0.39, 0.29) is 29.8 Å². The van der Waals surface area contributed by atoms with Gasteiger partial charge in [0.2, 0.25) is 27.6 Å². The minimum Gasteiger partial charge on any atom is -0.494 e. The fraction of sp³-hybridized carbons (Fsp3) is 0.375. The summed E-state index contributed by atoms with van der Waals surface area (Å²) in [5, 5.41) is 3.99. The molecule has 2 heterocycles. The Hall–Kier alpha value is -3.31.